The number of fused-ring (bicyclic) bond motifs is 4. The minimum Gasteiger partial charge on any atom is -0.450 e. The van der Waals surface area contributed by atoms with E-state index in [2.05, 4.69) is 0 Å². The summed E-state index contributed by atoms with van der Waals surface area (Å²) in [6.45, 7) is 0. The van der Waals surface area contributed by atoms with Crippen LogP contribution in [0.1, 0.15) is 46.4 Å². The first-order valence-electron chi connectivity index (χ1n) is 8.04. The van der Waals surface area contributed by atoms with Crippen molar-refractivity contribution < 1.29 is 28.7 Å². The molecule has 2 bridgehead atoms. The van der Waals surface area contributed by atoms with Crippen LogP contribution in [0.2, 0.25) is 0 Å². The molecule has 1 aromatic rings. The highest BCUT2D eigenvalue weighted by Crippen LogP contribution is 2.59. The fourth-order valence-corrected chi connectivity index (χ4v) is 4.34. The first-order valence-corrected chi connectivity index (χ1v) is 8.04. The lowest BCUT2D eigenvalue weighted by molar-refractivity contribution is -0.242. The maximum Gasteiger partial charge on any atom is 0.339 e. The average molecular weight is 328 g/mol. The molecule has 6 nitrogen and oxygen atoms in total. The molecule has 4 atom stereocenters. The summed E-state index contributed by atoms with van der Waals surface area (Å²) in [5, 5.41) is 0. The monoisotopic (exact) mass is 328 g/mol. The molecule has 2 aliphatic heterocycles. The molecule has 24 heavy (non-hydrogen) atoms. The Hall–Kier alpha value is -2.50. The van der Waals surface area contributed by atoms with E-state index >= 15 is 0 Å². The van der Waals surface area contributed by atoms with E-state index in [-0.39, 0.29) is 23.8 Å². The van der Waals surface area contributed by atoms with Crippen molar-refractivity contribution in [3.05, 3.63) is 35.4 Å². The van der Waals surface area contributed by atoms with Crippen molar-refractivity contribution >= 4 is 24.5 Å². The molecule has 2 aliphatic carbocycles. The minimum absolute atomic E-state index is 0.172. The van der Waals surface area contributed by atoms with Gasteiger partial charge in [-0.1, -0.05) is 0 Å². The zero-order valence-electron chi connectivity index (χ0n) is 12.9. The zero-order chi connectivity index (χ0) is 16.9. The van der Waals surface area contributed by atoms with Crippen LogP contribution in [0.25, 0.3) is 0 Å². The molecule has 0 saturated heterocycles. The molecule has 1 aromatic carbocycles. The van der Waals surface area contributed by atoms with E-state index in [1.54, 1.807) is 0 Å². The topological polar surface area (TPSA) is 86.7 Å². The largest absolute Gasteiger partial charge is 0.450 e. The SMILES string of the molecule is O=CC1CCC2(C=O)OC(=O)c3ccc(cc3)C(=O)OC23CCC13. The molecular formula is C18H16O6. The van der Waals surface area contributed by atoms with Gasteiger partial charge in [0.15, 0.2) is 11.9 Å². The molecule has 0 amide bonds. The fraction of sp³-hybridized carbons (Fsp3) is 0.444. The van der Waals surface area contributed by atoms with E-state index < -0.39 is 23.1 Å². The maximum absolute atomic E-state index is 12.5. The lowest BCUT2D eigenvalue weighted by atomic mass is 9.51. The highest BCUT2D eigenvalue weighted by atomic mass is 16.6. The Bertz CT molecular complexity index is 738. The van der Waals surface area contributed by atoms with Gasteiger partial charge in [-0.25, -0.2) is 9.59 Å². The van der Waals surface area contributed by atoms with E-state index in [9.17, 15) is 19.2 Å². The van der Waals surface area contributed by atoms with Gasteiger partial charge in [-0.2, -0.15) is 0 Å². The number of ether oxygens (including phenoxy) is 2. The normalized spacial score (nSPS) is 37.2. The number of hydrogen-bond acceptors (Lipinski definition) is 6. The highest BCUT2D eigenvalue weighted by Gasteiger charge is 2.70. The maximum atomic E-state index is 12.5. The second-order valence-electron chi connectivity index (χ2n) is 6.74. The smallest absolute Gasteiger partial charge is 0.339 e. The first-order chi connectivity index (χ1) is 11.5. The van der Waals surface area contributed by atoms with Crippen LogP contribution < -0.4 is 0 Å². The third-order valence-corrected chi connectivity index (χ3v) is 5.78. The van der Waals surface area contributed by atoms with Crippen LogP contribution in [0.3, 0.4) is 0 Å². The summed E-state index contributed by atoms with van der Waals surface area (Å²) in [7, 11) is 0. The number of benzene rings is 1. The van der Waals surface area contributed by atoms with Crippen molar-refractivity contribution in [2.75, 3.05) is 0 Å². The van der Waals surface area contributed by atoms with Crippen LogP contribution >= 0.6 is 0 Å². The summed E-state index contributed by atoms with van der Waals surface area (Å²) in [5.41, 5.74) is -2.20. The highest BCUT2D eigenvalue weighted by molar-refractivity contribution is 5.95. The van der Waals surface area contributed by atoms with Crippen LogP contribution in [-0.4, -0.2) is 35.7 Å². The van der Waals surface area contributed by atoms with Crippen LogP contribution in [0, 0.1) is 11.8 Å². The zero-order valence-corrected chi connectivity index (χ0v) is 12.9. The van der Waals surface area contributed by atoms with Gasteiger partial charge in [0, 0.05) is 11.8 Å². The van der Waals surface area contributed by atoms with Crippen LogP contribution in [0.4, 0.5) is 0 Å². The van der Waals surface area contributed by atoms with Gasteiger partial charge in [-0.15, -0.1) is 0 Å². The number of esters is 2. The summed E-state index contributed by atoms with van der Waals surface area (Å²) in [6, 6.07) is 5.95. The Morgan fingerprint density at radius 2 is 1.54 bits per heavy atom. The summed E-state index contributed by atoms with van der Waals surface area (Å²) < 4.78 is 11.4. The molecule has 4 aliphatic rings. The van der Waals surface area contributed by atoms with E-state index in [1.807, 2.05) is 0 Å². The second kappa shape index (κ2) is 5.00. The molecule has 4 unspecified atom stereocenters. The summed E-state index contributed by atoms with van der Waals surface area (Å²) >= 11 is 0. The van der Waals surface area contributed by atoms with Gasteiger partial charge in [0.05, 0.1) is 11.1 Å². The summed E-state index contributed by atoms with van der Waals surface area (Å²) in [4.78, 5) is 48.4. The fourth-order valence-electron chi connectivity index (χ4n) is 4.34. The molecule has 1 spiro atoms. The number of hydrogen-bond donors (Lipinski definition) is 0. The molecule has 0 aromatic heterocycles. The van der Waals surface area contributed by atoms with Gasteiger partial charge < -0.3 is 14.3 Å². The van der Waals surface area contributed by atoms with Crippen molar-refractivity contribution in [1.29, 1.82) is 0 Å². The van der Waals surface area contributed by atoms with Crippen LogP contribution in [0.5, 0.6) is 0 Å². The Morgan fingerprint density at radius 3 is 2.04 bits per heavy atom. The predicted molar refractivity (Wildman–Crippen MR) is 80.3 cm³/mol. The van der Waals surface area contributed by atoms with Gasteiger partial charge in [-0.05, 0) is 49.9 Å². The summed E-state index contributed by atoms with van der Waals surface area (Å²) in [6.07, 6.45) is 3.09. The van der Waals surface area contributed by atoms with Crippen molar-refractivity contribution in [2.24, 2.45) is 11.8 Å². The van der Waals surface area contributed by atoms with E-state index in [0.29, 0.717) is 31.1 Å². The molecule has 0 radical (unpaired) electrons. The second-order valence-corrected chi connectivity index (χ2v) is 6.74. The average Bonchev–Trinajstić information content (AvgIpc) is 2.59. The third kappa shape index (κ3) is 1.76. The molecule has 0 N–H and O–H groups in total. The molecule has 2 saturated carbocycles. The molecular weight excluding hydrogens is 312 g/mol. The standard InChI is InChI=1S/C18H16O6/c19-9-13-5-7-17(10-20)18(8-6-14(13)18)24-16(22)12-3-1-11(2-4-12)15(21)23-17/h1-4,9-10,13-14H,5-8H2. The van der Waals surface area contributed by atoms with Crippen molar-refractivity contribution in [1.82, 2.24) is 0 Å². The Balaban J connectivity index is 1.87. The van der Waals surface area contributed by atoms with Gasteiger partial charge in [-0.3, -0.25) is 4.79 Å². The number of carbonyl (C=O) groups is 4. The van der Waals surface area contributed by atoms with Gasteiger partial charge in [0.25, 0.3) is 0 Å². The summed E-state index contributed by atoms with van der Waals surface area (Å²) in [5.74, 6) is -1.80. The van der Waals surface area contributed by atoms with Gasteiger partial charge in [0.1, 0.15) is 6.29 Å². The van der Waals surface area contributed by atoms with Crippen LogP contribution in [-0.2, 0) is 19.1 Å². The Labute approximate surface area is 138 Å². The van der Waals surface area contributed by atoms with Crippen molar-refractivity contribution in [3.8, 4) is 0 Å². The molecule has 2 heterocycles. The number of rotatable bonds is 2. The Morgan fingerprint density at radius 1 is 0.917 bits per heavy atom. The van der Waals surface area contributed by atoms with Gasteiger partial charge in [0.2, 0.25) is 5.60 Å². The van der Waals surface area contributed by atoms with E-state index in [0.717, 1.165) is 6.29 Å². The third-order valence-electron chi connectivity index (χ3n) is 5.78. The molecule has 2 fully saturated rings. The van der Waals surface area contributed by atoms with Crippen molar-refractivity contribution in [3.63, 3.8) is 0 Å². The number of carbonyl (C=O) groups excluding carboxylic acids is 4. The lowest BCUT2D eigenvalue weighted by Gasteiger charge is -2.60. The quantitative estimate of drug-likeness (QED) is 0.607. The predicted octanol–water partition coefficient (Wildman–Crippen LogP) is 1.71. The van der Waals surface area contributed by atoms with Gasteiger partial charge >= 0.3 is 11.9 Å². The van der Waals surface area contributed by atoms with Crippen molar-refractivity contribution in [2.45, 2.75) is 36.9 Å². The molecule has 124 valence electrons. The Kier molecular flexibility index (Phi) is 3.13. The van der Waals surface area contributed by atoms with E-state index in [4.69, 9.17) is 9.47 Å². The number of aldehydes is 2. The minimum atomic E-state index is -1.53. The first kappa shape index (κ1) is 15.1. The van der Waals surface area contributed by atoms with Crippen LogP contribution in [0.15, 0.2) is 24.3 Å². The van der Waals surface area contributed by atoms with E-state index in [1.165, 1.54) is 24.3 Å². The molecule has 5 rings (SSSR count). The lowest BCUT2D eigenvalue weighted by Crippen LogP contribution is -2.72. The molecule has 6 heteroatoms.